The number of fused-ring (bicyclic) bond motifs is 3. The number of aromatic hydroxyl groups is 1. The van der Waals surface area contributed by atoms with Crippen LogP contribution in [0.2, 0.25) is 0 Å². The number of carbonyl (C=O) groups is 1. The number of phenols is 1. The van der Waals surface area contributed by atoms with E-state index in [1.165, 1.54) is 24.4 Å². The number of rotatable bonds is 6. The van der Waals surface area contributed by atoms with E-state index in [0.717, 1.165) is 19.4 Å². The first-order valence-corrected chi connectivity index (χ1v) is 15.7. The zero-order valence-electron chi connectivity index (χ0n) is 25.3. The van der Waals surface area contributed by atoms with Gasteiger partial charge in [0.05, 0.1) is 24.0 Å². The molecule has 0 bridgehead atoms. The second-order valence-corrected chi connectivity index (χ2v) is 12.9. The molecule has 2 unspecified atom stereocenters. The second kappa shape index (κ2) is 10.6. The molecule has 2 aromatic carbocycles. The fourth-order valence-electron chi connectivity index (χ4n) is 7.95. The van der Waals surface area contributed by atoms with Crippen LogP contribution in [0.3, 0.4) is 0 Å². The number of alkyl carbamates (subject to hydrolysis) is 1. The molecule has 0 aliphatic carbocycles. The fourth-order valence-corrected chi connectivity index (χ4v) is 7.95. The molecule has 10 nitrogen and oxygen atoms in total. The summed E-state index contributed by atoms with van der Waals surface area (Å²) in [5.74, 6) is -0.960. The number of carbonyl (C=O) groups excluding carboxylic acids is 1. The predicted molar refractivity (Wildman–Crippen MR) is 164 cm³/mol. The number of aryl methyl sites for hydroxylation is 1. The Bertz CT molecular complexity index is 1910. The zero-order chi connectivity index (χ0) is 31.8. The van der Waals surface area contributed by atoms with Crippen LogP contribution in [-0.4, -0.2) is 87.7 Å². The lowest BCUT2D eigenvalue weighted by atomic mass is 9.94. The van der Waals surface area contributed by atoms with Gasteiger partial charge in [-0.15, -0.1) is 0 Å². The quantitative estimate of drug-likeness (QED) is 0.302. The minimum atomic E-state index is -0.943. The summed E-state index contributed by atoms with van der Waals surface area (Å²) in [4.78, 5) is 29.7. The van der Waals surface area contributed by atoms with Crippen LogP contribution in [0, 0.1) is 11.6 Å². The lowest BCUT2D eigenvalue weighted by Crippen LogP contribution is -2.43. The Morgan fingerprint density at radius 1 is 1.20 bits per heavy atom. The summed E-state index contributed by atoms with van der Waals surface area (Å²) in [6.07, 6.45) is 2.99. The Morgan fingerprint density at radius 2 is 2.07 bits per heavy atom. The first kappa shape index (κ1) is 29.0. The van der Waals surface area contributed by atoms with E-state index >= 15 is 4.39 Å². The van der Waals surface area contributed by atoms with E-state index in [1.54, 1.807) is 6.07 Å². The molecule has 1 spiro atoms. The third-order valence-corrected chi connectivity index (χ3v) is 10.1. The number of hydrogen-bond donors (Lipinski definition) is 2. The zero-order valence-corrected chi connectivity index (χ0v) is 25.3. The molecular weight excluding hydrogens is 601 g/mol. The van der Waals surface area contributed by atoms with Crippen LogP contribution >= 0.6 is 0 Å². The maximum absolute atomic E-state index is 16.8. The highest BCUT2D eigenvalue weighted by atomic mass is 19.1. The molecule has 0 radical (unpaired) electrons. The van der Waals surface area contributed by atoms with E-state index in [9.17, 15) is 18.7 Å². The van der Waals surface area contributed by atoms with Gasteiger partial charge < -0.3 is 24.8 Å². The predicted octanol–water partition coefficient (Wildman–Crippen LogP) is 5.04. The van der Waals surface area contributed by atoms with Crippen molar-refractivity contribution in [3.8, 4) is 23.0 Å². The van der Waals surface area contributed by atoms with Crippen molar-refractivity contribution in [3.63, 3.8) is 0 Å². The van der Waals surface area contributed by atoms with Gasteiger partial charge in [0, 0.05) is 37.7 Å². The van der Waals surface area contributed by atoms with Crippen LogP contribution in [0.1, 0.15) is 38.2 Å². The Balaban J connectivity index is 1.26. The number of amides is 1. The van der Waals surface area contributed by atoms with Crippen molar-refractivity contribution in [2.75, 3.05) is 44.2 Å². The van der Waals surface area contributed by atoms with Crippen molar-refractivity contribution in [1.82, 2.24) is 25.2 Å². The van der Waals surface area contributed by atoms with Crippen LogP contribution in [0.5, 0.6) is 11.8 Å². The first-order chi connectivity index (χ1) is 22.2. The topological polar surface area (TPSA) is 113 Å². The highest BCUT2D eigenvalue weighted by Gasteiger charge is 2.50. The minimum absolute atomic E-state index is 0.0611. The van der Waals surface area contributed by atoms with Gasteiger partial charge >= 0.3 is 12.1 Å². The molecule has 46 heavy (non-hydrogen) atoms. The summed E-state index contributed by atoms with van der Waals surface area (Å²) >= 11 is 0. The average molecular weight is 635 g/mol. The van der Waals surface area contributed by atoms with E-state index in [1.807, 2.05) is 11.8 Å². The average Bonchev–Trinajstić information content (AvgIpc) is 3.79. The summed E-state index contributed by atoms with van der Waals surface area (Å²) in [5, 5.41) is 14.6. The number of ether oxygens (including phenoxy) is 2. The Labute approximate surface area is 262 Å². The normalized spacial score (nSPS) is 26.0. The molecule has 6 heterocycles. The number of pyridine rings is 1. The van der Waals surface area contributed by atoms with Gasteiger partial charge in [-0.1, -0.05) is 13.0 Å². The molecule has 4 fully saturated rings. The third-order valence-electron chi connectivity index (χ3n) is 10.1. The van der Waals surface area contributed by atoms with Gasteiger partial charge in [-0.25, -0.2) is 18.0 Å². The number of anilines is 1. The number of nitrogens with one attached hydrogen (secondary N) is 1. The molecule has 4 aliphatic heterocycles. The molecule has 4 saturated heterocycles. The fraction of sp³-hybridized carbons (Fsp3) is 0.455. The number of benzene rings is 2. The summed E-state index contributed by atoms with van der Waals surface area (Å²) in [6.45, 7) is 4.24. The molecular formula is C33H33F3N6O4. The van der Waals surface area contributed by atoms with E-state index < -0.39 is 35.0 Å². The molecule has 4 aromatic rings. The largest absolute Gasteiger partial charge is 0.508 e. The summed E-state index contributed by atoms with van der Waals surface area (Å²) in [5.41, 5.74) is -0.764. The van der Waals surface area contributed by atoms with Gasteiger partial charge in [0.1, 0.15) is 41.4 Å². The lowest BCUT2D eigenvalue weighted by molar-refractivity contribution is 0.0745. The van der Waals surface area contributed by atoms with Gasteiger partial charge in [-0.3, -0.25) is 9.88 Å². The van der Waals surface area contributed by atoms with E-state index in [4.69, 9.17) is 14.5 Å². The van der Waals surface area contributed by atoms with Crippen molar-refractivity contribution >= 4 is 33.6 Å². The van der Waals surface area contributed by atoms with Crippen LogP contribution in [0.4, 0.5) is 23.8 Å². The van der Waals surface area contributed by atoms with Gasteiger partial charge in [0.2, 0.25) is 0 Å². The van der Waals surface area contributed by atoms with Gasteiger partial charge in [0.25, 0.3) is 0 Å². The molecule has 2 aromatic heterocycles. The lowest BCUT2D eigenvalue weighted by Gasteiger charge is -2.31. The molecule has 240 valence electrons. The minimum Gasteiger partial charge on any atom is -0.508 e. The standard InChI is InChI=1S/C33H33F3N6O4/c1-2-21-24(35)5-4-18-10-20(43)11-22(25(18)21)27-26(36)28-23(13-37-27)29(41-9-7-33(16-41)15-38-31(44)46-33)40-30(39-28)45-17-32-6-3-8-42(32)14-19(34)12-32/h4-5,10-11,13,19,43H,2-3,6-9,12,14-17H2,1H3,(H,38,44)/t19?,32-,33?/m0/s1. The number of halogens is 3. The van der Waals surface area contributed by atoms with Crippen LogP contribution in [0.25, 0.3) is 32.9 Å². The van der Waals surface area contributed by atoms with Gasteiger partial charge in [-0.05, 0) is 60.3 Å². The number of aromatic nitrogens is 3. The van der Waals surface area contributed by atoms with Crippen molar-refractivity contribution < 1.29 is 32.5 Å². The first-order valence-electron chi connectivity index (χ1n) is 15.7. The maximum atomic E-state index is 16.8. The number of nitrogens with zero attached hydrogens (tertiary/aromatic N) is 5. The Kier molecular flexibility index (Phi) is 6.68. The van der Waals surface area contributed by atoms with Crippen LogP contribution in [0.15, 0.2) is 30.5 Å². The van der Waals surface area contributed by atoms with Crippen LogP contribution in [-0.2, 0) is 11.2 Å². The monoisotopic (exact) mass is 634 g/mol. The van der Waals surface area contributed by atoms with Crippen molar-refractivity contribution in [2.24, 2.45) is 0 Å². The van der Waals surface area contributed by atoms with Crippen molar-refractivity contribution in [3.05, 3.63) is 47.7 Å². The van der Waals surface area contributed by atoms with E-state index in [-0.39, 0.29) is 35.1 Å². The van der Waals surface area contributed by atoms with E-state index in [2.05, 4.69) is 20.2 Å². The highest BCUT2D eigenvalue weighted by Crippen LogP contribution is 2.42. The van der Waals surface area contributed by atoms with Gasteiger partial charge in [-0.2, -0.15) is 9.97 Å². The van der Waals surface area contributed by atoms with Crippen molar-refractivity contribution in [2.45, 2.75) is 56.3 Å². The van der Waals surface area contributed by atoms with Crippen LogP contribution < -0.4 is 15.0 Å². The number of phenolic OH excluding ortho intramolecular Hbond substituents is 1. The third kappa shape index (κ3) is 4.57. The molecule has 8 rings (SSSR count). The number of hydrogen-bond acceptors (Lipinski definition) is 9. The molecule has 3 atom stereocenters. The SMILES string of the molecule is CCc1c(F)ccc2cc(O)cc(-c3ncc4c(N5CCC6(CNC(=O)O6)C5)nc(OC[C@@]56CCCN5CC(F)C6)nc4c3F)c12. The number of alkyl halides is 1. The summed E-state index contributed by atoms with van der Waals surface area (Å²) in [7, 11) is 0. The Hall–Kier alpha value is -4.39. The smallest absolute Gasteiger partial charge is 0.407 e. The second-order valence-electron chi connectivity index (χ2n) is 12.9. The molecule has 4 aliphatic rings. The maximum Gasteiger partial charge on any atom is 0.407 e. The molecule has 0 saturated carbocycles. The molecule has 2 N–H and O–H groups in total. The highest BCUT2D eigenvalue weighted by molar-refractivity contribution is 6.01. The van der Waals surface area contributed by atoms with E-state index in [0.29, 0.717) is 73.0 Å². The summed E-state index contributed by atoms with van der Waals surface area (Å²) in [6, 6.07) is 5.70. The van der Waals surface area contributed by atoms with Gasteiger partial charge in [0.15, 0.2) is 11.4 Å². The van der Waals surface area contributed by atoms with Crippen molar-refractivity contribution in [1.29, 1.82) is 0 Å². The molecule has 13 heteroatoms. The summed E-state index contributed by atoms with van der Waals surface area (Å²) < 4.78 is 58.0. The Morgan fingerprint density at radius 3 is 2.87 bits per heavy atom. The molecule has 1 amide bonds.